The second-order valence-corrected chi connectivity index (χ2v) is 5.69. The lowest BCUT2D eigenvalue weighted by Gasteiger charge is -2.16. The summed E-state index contributed by atoms with van der Waals surface area (Å²) in [6, 6.07) is 12.6. The van der Waals surface area contributed by atoms with Crippen LogP contribution in [-0.2, 0) is 9.59 Å². The maximum absolute atomic E-state index is 12.6. The first-order valence-electron chi connectivity index (χ1n) is 7.49. The average molecular weight is 324 g/mol. The SMILES string of the molecule is Cc1cccc(N[C@@H]2CC(=O)N(c3ccc(C(=O)O)cc3)C2=O)c1. The third-order valence-corrected chi connectivity index (χ3v) is 3.88. The van der Waals surface area contributed by atoms with Crippen molar-refractivity contribution in [3.05, 3.63) is 59.7 Å². The van der Waals surface area contributed by atoms with Gasteiger partial charge in [0.15, 0.2) is 0 Å². The molecular weight excluding hydrogens is 308 g/mol. The molecule has 0 bridgehead atoms. The van der Waals surface area contributed by atoms with Crippen LogP contribution in [-0.4, -0.2) is 28.9 Å². The van der Waals surface area contributed by atoms with E-state index in [1.165, 1.54) is 24.3 Å². The van der Waals surface area contributed by atoms with E-state index in [4.69, 9.17) is 5.11 Å². The molecule has 2 N–H and O–H groups in total. The van der Waals surface area contributed by atoms with Crippen LogP contribution in [0.2, 0.25) is 0 Å². The minimum atomic E-state index is -1.06. The first-order chi connectivity index (χ1) is 11.5. The van der Waals surface area contributed by atoms with Crippen LogP contribution in [0.3, 0.4) is 0 Å². The Balaban J connectivity index is 1.80. The highest BCUT2D eigenvalue weighted by molar-refractivity contribution is 6.23. The van der Waals surface area contributed by atoms with Crippen molar-refractivity contribution in [2.45, 2.75) is 19.4 Å². The number of anilines is 2. The van der Waals surface area contributed by atoms with Crippen molar-refractivity contribution in [2.75, 3.05) is 10.2 Å². The van der Waals surface area contributed by atoms with Crippen molar-refractivity contribution in [3.8, 4) is 0 Å². The highest BCUT2D eigenvalue weighted by atomic mass is 16.4. The van der Waals surface area contributed by atoms with Crippen molar-refractivity contribution in [1.82, 2.24) is 0 Å². The molecule has 0 aromatic heterocycles. The van der Waals surface area contributed by atoms with Crippen LogP contribution in [0.15, 0.2) is 48.5 Å². The lowest BCUT2D eigenvalue weighted by molar-refractivity contribution is -0.121. The molecule has 1 saturated heterocycles. The second-order valence-electron chi connectivity index (χ2n) is 5.69. The highest BCUT2D eigenvalue weighted by Gasteiger charge is 2.39. The Kier molecular flexibility index (Phi) is 4.04. The minimum absolute atomic E-state index is 0.0630. The quantitative estimate of drug-likeness (QED) is 0.844. The molecule has 1 aliphatic heterocycles. The van der Waals surface area contributed by atoms with Gasteiger partial charge >= 0.3 is 5.97 Å². The normalized spacial score (nSPS) is 17.2. The zero-order valence-electron chi connectivity index (χ0n) is 13.0. The van der Waals surface area contributed by atoms with Gasteiger partial charge in [0.1, 0.15) is 6.04 Å². The van der Waals surface area contributed by atoms with Crippen molar-refractivity contribution in [2.24, 2.45) is 0 Å². The Morgan fingerprint density at radius 3 is 2.50 bits per heavy atom. The van der Waals surface area contributed by atoms with E-state index < -0.39 is 12.0 Å². The van der Waals surface area contributed by atoms with Gasteiger partial charge in [0.05, 0.1) is 17.7 Å². The fourth-order valence-electron chi connectivity index (χ4n) is 2.71. The van der Waals surface area contributed by atoms with Crippen LogP contribution in [0.5, 0.6) is 0 Å². The maximum atomic E-state index is 12.6. The Morgan fingerprint density at radius 1 is 1.17 bits per heavy atom. The third-order valence-electron chi connectivity index (χ3n) is 3.88. The molecule has 6 nitrogen and oxygen atoms in total. The number of amides is 2. The van der Waals surface area contributed by atoms with Gasteiger partial charge in [-0.05, 0) is 48.9 Å². The zero-order chi connectivity index (χ0) is 17.3. The summed E-state index contributed by atoms with van der Waals surface area (Å²) in [7, 11) is 0. The molecule has 0 aliphatic carbocycles. The molecule has 2 amide bonds. The van der Waals surface area contributed by atoms with Gasteiger partial charge in [0.2, 0.25) is 5.91 Å². The predicted octanol–water partition coefficient (Wildman–Crippen LogP) is 2.44. The molecule has 6 heteroatoms. The lowest BCUT2D eigenvalue weighted by atomic mass is 10.2. The summed E-state index contributed by atoms with van der Waals surface area (Å²) in [5, 5.41) is 12.0. The van der Waals surface area contributed by atoms with Crippen molar-refractivity contribution >= 4 is 29.2 Å². The van der Waals surface area contributed by atoms with Crippen molar-refractivity contribution < 1.29 is 19.5 Å². The molecular formula is C18H16N2O4. The number of benzene rings is 2. The molecule has 0 saturated carbocycles. The Bertz CT molecular complexity index is 814. The van der Waals surface area contributed by atoms with Gasteiger partial charge in [-0.2, -0.15) is 0 Å². The summed E-state index contributed by atoms with van der Waals surface area (Å²) in [6.07, 6.45) is 0.0630. The van der Waals surface area contributed by atoms with Gasteiger partial charge in [-0.3, -0.25) is 9.59 Å². The van der Waals surface area contributed by atoms with Crippen molar-refractivity contribution in [1.29, 1.82) is 0 Å². The average Bonchev–Trinajstić information content (AvgIpc) is 2.81. The van der Waals surface area contributed by atoms with E-state index in [2.05, 4.69) is 5.32 Å². The standard InChI is InChI=1S/C18H16N2O4/c1-11-3-2-4-13(9-11)19-15-10-16(21)20(17(15)22)14-7-5-12(6-8-14)18(23)24/h2-9,15,19H,10H2,1H3,(H,23,24)/t15-/m1/s1. The number of aromatic carboxylic acids is 1. The molecule has 24 heavy (non-hydrogen) atoms. The minimum Gasteiger partial charge on any atom is -0.478 e. The molecule has 1 aliphatic rings. The number of rotatable bonds is 4. The van der Waals surface area contributed by atoms with Gasteiger partial charge in [-0.15, -0.1) is 0 Å². The highest BCUT2D eigenvalue weighted by Crippen LogP contribution is 2.25. The van der Waals surface area contributed by atoms with Gasteiger partial charge < -0.3 is 10.4 Å². The predicted molar refractivity (Wildman–Crippen MR) is 89.1 cm³/mol. The van der Waals surface area contributed by atoms with E-state index in [9.17, 15) is 14.4 Å². The van der Waals surface area contributed by atoms with E-state index in [0.717, 1.165) is 16.2 Å². The Labute approximate surface area is 138 Å². The molecule has 0 spiro atoms. The molecule has 1 heterocycles. The van der Waals surface area contributed by atoms with Crippen LogP contribution in [0.1, 0.15) is 22.3 Å². The molecule has 2 aromatic rings. The summed E-state index contributed by atoms with van der Waals surface area (Å²) >= 11 is 0. The Hall–Kier alpha value is -3.15. The summed E-state index contributed by atoms with van der Waals surface area (Å²) in [6.45, 7) is 1.95. The monoisotopic (exact) mass is 324 g/mol. The number of carboxylic acids is 1. The van der Waals surface area contributed by atoms with Gasteiger partial charge in [-0.1, -0.05) is 12.1 Å². The molecule has 1 atom stereocenters. The molecule has 2 aromatic carbocycles. The van der Waals surface area contributed by atoms with Crippen LogP contribution in [0, 0.1) is 6.92 Å². The zero-order valence-corrected chi connectivity index (χ0v) is 13.0. The molecule has 1 fully saturated rings. The number of carboxylic acid groups (broad SMARTS) is 1. The molecule has 0 unspecified atom stereocenters. The molecule has 3 rings (SSSR count). The third kappa shape index (κ3) is 2.99. The number of hydrogen-bond acceptors (Lipinski definition) is 4. The van der Waals surface area contributed by atoms with Gasteiger partial charge in [-0.25, -0.2) is 9.69 Å². The number of hydrogen-bond donors (Lipinski definition) is 2. The summed E-state index contributed by atoms with van der Waals surface area (Å²) < 4.78 is 0. The fourth-order valence-corrected chi connectivity index (χ4v) is 2.71. The van der Waals surface area contributed by atoms with E-state index >= 15 is 0 Å². The summed E-state index contributed by atoms with van der Waals surface area (Å²) in [4.78, 5) is 36.8. The summed E-state index contributed by atoms with van der Waals surface area (Å²) in [5.41, 5.74) is 2.32. The smallest absolute Gasteiger partial charge is 0.335 e. The van der Waals surface area contributed by atoms with Gasteiger partial charge in [0, 0.05) is 5.69 Å². The van der Waals surface area contributed by atoms with Crippen molar-refractivity contribution in [3.63, 3.8) is 0 Å². The maximum Gasteiger partial charge on any atom is 0.335 e. The first kappa shape index (κ1) is 15.7. The van der Waals surface area contributed by atoms with Crippen LogP contribution >= 0.6 is 0 Å². The summed E-state index contributed by atoms with van der Waals surface area (Å²) in [5.74, 6) is -1.71. The van der Waals surface area contributed by atoms with E-state index in [-0.39, 0.29) is 23.8 Å². The number of aryl methyl sites for hydroxylation is 1. The lowest BCUT2D eigenvalue weighted by Crippen LogP contribution is -2.34. The molecule has 0 radical (unpaired) electrons. The van der Waals surface area contributed by atoms with E-state index in [1.54, 1.807) is 0 Å². The number of nitrogens with zero attached hydrogens (tertiary/aromatic N) is 1. The number of carbonyl (C=O) groups is 3. The number of carbonyl (C=O) groups excluding carboxylic acids is 2. The number of imide groups is 1. The van der Waals surface area contributed by atoms with Crippen LogP contribution in [0.25, 0.3) is 0 Å². The largest absolute Gasteiger partial charge is 0.478 e. The first-order valence-corrected chi connectivity index (χ1v) is 7.49. The topological polar surface area (TPSA) is 86.7 Å². The number of nitrogens with one attached hydrogen (secondary N) is 1. The molecule has 122 valence electrons. The second kappa shape index (κ2) is 6.16. The van der Waals surface area contributed by atoms with Crippen LogP contribution in [0.4, 0.5) is 11.4 Å². The fraction of sp³-hybridized carbons (Fsp3) is 0.167. The van der Waals surface area contributed by atoms with Crippen LogP contribution < -0.4 is 10.2 Å². The van der Waals surface area contributed by atoms with E-state index in [1.807, 2.05) is 31.2 Å². The Morgan fingerprint density at radius 2 is 1.88 bits per heavy atom. The van der Waals surface area contributed by atoms with Gasteiger partial charge in [0.25, 0.3) is 5.91 Å². The van der Waals surface area contributed by atoms with E-state index in [0.29, 0.717) is 5.69 Å².